The summed E-state index contributed by atoms with van der Waals surface area (Å²) in [7, 11) is -3.54. The number of sulfonamides is 1. The van der Waals surface area contributed by atoms with Crippen molar-refractivity contribution >= 4 is 33.1 Å². The fraction of sp³-hybridized carbons (Fsp3) is 0.261. The van der Waals surface area contributed by atoms with E-state index < -0.39 is 16.1 Å². The quantitative estimate of drug-likeness (QED) is 0.563. The molecule has 3 aromatic rings. The van der Waals surface area contributed by atoms with Crippen molar-refractivity contribution < 1.29 is 17.9 Å². The first kappa shape index (κ1) is 22.5. The fourth-order valence-electron chi connectivity index (χ4n) is 4.00. The highest BCUT2D eigenvalue weighted by molar-refractivity contribution is 7.88. The van der Waals surface area contributed by atoms with Crippen LogP contribution in [-0.4, -0.2) is 47.5 Å². The Morgan fingerprint density at radius 3 is 2.67 bits per heavy atom. The van der Waals surface area contributed by atoms with E-state index in [4.69, 9.17) is 11.3 Å². The van der Waals surface area contributed by atoms with Gasteiger partial charge >= 0.3 is 0 Å². The lowest BCUT2D eigenvalue weighted by Gasteiger charge is -2.35. The Balaban J connectivity index is 1.73. The molecule has 2 aromatic carbocycles. The summed E-state index contributed by atoms with van der Waals surface area (Å²) in [5.41, 5.74) is 2.28. The number of imidazole rings is 1. The topological polar surface area (TPSA) is 100.0 Å². The van der Waals surface area contributed by atoms with Crippen LogP contribution in [0.15, 0.2) is 55.0 Å². The Kier molecular flexibility index (Phi) is 6.18. The lowest BCUT2D eigenvalue weighted by Crippen LogP contribution is -2.45. The number of nitrogens with zero attached hydrogens (tertiary/aromatic N) is 4. The molecule has 1 aliphatic rings. The first-order valence-corrected chi connectivity index (χ1v) is 12.1. The molecule has 1 aromatic heterocycles. The zero-order valence-corrected chi connectivity index (χ0v) is 19.0. The molecule has 1 aliphatic heterocycles. The number of amides is 1. The standard InChI is InChI=1S/C23H23N5O4S/c1-16(29)28(22-12-25-15-26-22)21-11-19(24-2)9-18-10-20(14-32-23(18)21)27(33(3,30)31)13-17-7-5-4-6-8-17/h4-9,11-12,15,20H,10,13-14H2,1,3H3,(H,25,26). The van der Waals surface area contributed by atoms with Gasteiger partial charge in [-0.05, 0) is 29.7 Å². The van der Waals surface area contributed by atoms with E-state index in [1.165, 1.54) is 34.9 Å². The average molecular weight is 466 g/mol. The monoisotopic (exact) mass is 465 g/mol. The normalized spacial score (nSPS) is 15.4. The van der Waals surface area contributed by atoms with Crippen LogP contribution >= 0.6 is 0 Å². The maximum Gasteiger partial charge on any atom is 0.229 e. The van der Waals surface area contributed by atoms with E-state index in [1.807, 2.05) is 30.3 Å². The molecular weight excluding hydrogens is 442 g/mol. The third kappa shape index (κ3) is 4.74. The summed E-state index contributed by atoms with van der Waals surface area (Å²) in [5.74, 6) is 0.618. The van der Waals surface area contributed by atoms with Gasteiger partial charge in [-0.3, -0.25) is 9.69 Å². The summed E-state index contributed by atoms with van der Waals surface area (Å²) in [6, 6.07) is 12.2. The molecule has 1 N–H and O–H groups in total. The molecule has 9 nitrogen and oxygen atoms in total. The van der Waals surface area contributed by atoms with Crippen molar-refractivity contribution in [3.8, 4) is 5.75 Å². The number of fused-ring (bicyclic) bond motifs is 1. The lowest BCUT2D eigenvalue weighted by atomic mass is 9.99. The van der Waals surface area contributed by atoms with Crippen molar-refractivity contribution in [2.75, 3.05) is 17.8 Å². The summed E-state index contributed by atoms with van der Waals surface area (Å²) in [5, 5.41) is 0. The van der Waals surface area contributed by atoms with E-state index in [-0.39, 0.29) is 19.1 Å². The first-order valence-electron chi connectivity index (χ1n) is 10.2. The maximum atomic E-state index is 12.6. The fourth-order valence-corrected chi connectivity index (χ4v) is 5.06. The number of carbonyl (C=O) groups excluding carboxylic acids is 1. The number of ether oxygens (including phenoxy) is 1. The summed E-state index contributed by atoms with van der Waals surface area (Å²) in [6.45, 7) is 9.26. The van der Waals surface area contributed by atoms with Crippen LogP contribution in [0.25, 0.3) is 4.85 Å². The molecule has 170 valence electrons. The second kappa shape index (κ2) is 9.05. The number of anilines is 2. The maximum absolute atomic E-state index is 12.6. The molecule has 0 fully saturated rings. The van der Waals surface area contributed by atoms with Crippen molar-refractivity contribution in [3.05, 3.63) is 77.5 Å². The van der Waals surface area contributed by atoms with Gasteiger partial charge in [0.1, 0.15) is 18.2 Å². The van der Waals surface area contributed by atoms with Gasteiger partial charge in [0.05, 0.1) is 37.1 Å². The molecule has 1 amide bonds. The predicted octanol–water partition coefficient (Wildman–Crippen LogP) is 3.41. The molecule has 0 saturated carbocycles. The third-order valence-corrected chi connectivity index (χ3v) is 6.71. The molecule has 1 atom stereocenters. The van der Waals surface area contributed by atoms with Gasteiger partial charge in [-0.1, -0.05) is 30.3 Å². The van der Waals surface area contributed by atoms with Crippen molar-refractivity contribution in [2.24, 2.45) is 0 Å². The number of H-pyrrole nitrogens is 1. The van der Waals surface area contributed by atoms with Crippen LogP contribution in [0.5, 0.6) is 5.75 Å². The number of hydrogen-bond donors (Lipinski definition) is 1. The van der Waals surface area contributed by atoms with Gasteiger partial charge in [-0.15, -0.1) is 0 Å². The average Bonchev–Trinajstić information content (AvgIpc) is 3.31. The lowest BCUT2D eigenvalue weighted by molar-refractivity contribution is -0.115. The molecule has 2 heterocycles. The zero-order chi connectivity index (χ0) is 23.6. The first-order chi connectivity index (χ1) is 15.8. The van der Waals surface area contributed by atoms with Crippen molar-refractivity contribution in [1.29, 1.82) is 0 Å². The van der Waals surface area contributed by atoms with Gasteiger partial charge < -0.3 is 9.72 Å². The van der Waals surface area contributed by atoms with E-state index in [0.29, 0.717) is 34.9 Å². The number of hydrogen-bond acceptors (Lipinski definition) is 5. The molecule has 0 radical (unpaired) electrons. The SMILES string of the molecule is [C-]#[N+]c1cc2c(c(N(C(C)=O)c3cnc[nH]3)c1)OCC(N(Cc1ccccc1)S(C)(=O)=O)C2. The smallest absolute Gasteiger partial charge is 0.229 e. The van der Waals surface area contributed by atoms with Gasteiger partial charge in [0.15, 0.2) is 5.69 Å². The van der Waals surface area contributed by atoms with Crippen molar-refractivity contribution in [3.63, 3.8) is 0 Å². The molecule has 0 bridgehead atoms. The van der Waals surface area contributed by atoms with E-state index in [1.54, 1.807) is 12.1 Å². The Morgan fingerprint density at radius 1 is 1.30 bits per heavy atom. The van der Waals surface area contributed by atoms with E-state index in [9.17, 15) is 13.2 Å². The Labute approximate surface area is 192 Å². The molecular formula is C23H23N5O4S. The minimum atomic E-state index is -3.54. The predicted molar refractivity (Wildman–Crippen MR) is 124 cm³/mol. The Bertz CT molecular complexity index is 1300. The molecule has 0 aliphatic carbocycles. The second-order valence-corrected chi connectivity index (χ2v) is 9.75. The highest BCUT2D eigenvalue weighted by Gasteiger charge is 2.34. The van der Waals surface area contributed by atoms with Crippen molar-refractivity contribution in [2.45, 2.75) is 25.9 Å². The van der Waals surface area contributed by atoms with Gasteiger partial charge in [0, 0.05) is 13.5 Å². The molecule has 4 rings (SSSR count). The van der Waals surface area contributed by atoms with Crippen LogP contribution in [-0.2, 0) is 27.8 Å². The Hall–Kier alpha value is -3.68. The molecule has 33 heavy (non-hydrogen) atoms. The van der Waals surface area contributed by atoms with E-state index >= 15 is 0 Å². The number of aromatic amines is 1. The highest BCUT2D eigenvalue weighted by atomic mass is 32.2. The largest absolute Gasteiger partial charge is 0.490 e. The molecule has 10 heteroatoms. The summed E-state index contributed by atoms with van der Waals surface area (Å²) in [4.78, 5) is 24.3. The molecule has 0 spiro atoms. The second-order valence-electron chi connectivity index (χ2n) is 7.82. The summed E-state index contributed by atoms with van der Waals surface area (Å²) < 4.78 is 32.8. The number of nitrogens with one attached hydrogen (secondary N) is 1. The van der Waals surface area contributed by atoms with Gasteiger partial charge in [-0.2, -0.15) is 4.31 Å². The van der Waals surface area contributed by atoms with E-state index in [2.05, 4.69) is 14.8 Å². The molecule has 1 unspecified atom stereocenters. The number of aromatic nitrogens is 2. The molecule has 0 saturated heterocycles. The minimum Gasteiger partial charge on any atom is -0.490 e. The van der Waals surface area contributed by atoms with E-state index in [0.717, 1.165) is 5.56 Å². The minimum absolute atomic E-state index is 0.117. The van der Waals surface area contributed by atoms with Crippen LogP contribution in [0.4, 0.5) is 17.2 Å². The third-order valence-electron chi connectivity index (χ3n) is 5.43. The van der Waals surface area contributed by atoms with Gasteiger partial charge in [0.25, 0.3) is 0 Å². The van der Waals surface area contributed by atoms with Crippen LogP contribution in [0, 0.1) is 6.57 Å². The van der Waals surface area contributed by atoms with Gasteiger partial charge in [0.2, 0.25) is 15.9 Å². The van der Waals surface area contributed by atoms with Crippen molar-refractivity contribution in [1.82, 2.24) is 14.3 Å². The van der Waals surface area contributed by atoms with Crippen LogP contribution < -0.4 is 9.64 Å². The Morgan fingerprint density at radius 2 is 2.06 bits per heavy atom. The summed E-state index contributed by atoms with van der Waals surface area (Å²) in [6.07, 6.45) is 4.50. The van der Waals surface area contributed by atoms with Crippen LogP contribution in [0.1, 0.15) is 18.1 Å². The number of benzene rings is 2. The van der Waals surface area contributed by atoms with Gasteiger partial charge in [-0.25, -0.2) is 18.2 Å². The number of carbonyl (C=O) groups is 1. The zero-order valence-electron chi connectivity index (χ0n) is 18.2. The number of rotatable bonds is 6. The van der Waals surface area contributed by atoms with Crippen LogP contribution in [0.2, 0.25) is 0 Å². The highest BCUT2D eigenvalue weighted by Crippen LogP contribution is 2.42. The summed E-state index contributed by atoms with van der Waals surface area (Å²) >= 11 is 0. The van der Waals surface area contributed by atoms with Crippen LogP contribution in [0.3, 0.4) is 0 Å².